The molecule has 0 amide bonds. The van der Waals surface area contributed by atoms with E-state index in [9.17, 15) is 0 Å². The van der Waals surface area contributed by atoms with Crippen LogP contribution in [-0.2, 0) is 25.7 Å². The molecule has 2 nitrogen and oxygen atoms in total. The first-order valence-electron chi connectivity index (χ1n) is 11.5. The maximum Gasteiger partial charge on any atom is 0.0458 e. The average molecular weight is 393 g/mol. The molecule has 0 unspecified atom stereocenters. The molecule has 4 aromatic rings. The topological polar surface area (TPSA) is 9.86 Å². The van der Waals surface area contributed by atoms with E-state index in [1.807, 2.05) is 0 Å². The summed E-state index contributed by atoms with van der Waals surface area (Å²) in [6.07, 6.45) is 14.6. The van der Waals surface area contributed by atoms with E-state index < -0.39 is 0 Å². The van der Waals surface area contributed by atoms with E-state index in [2.05, 4.69) is 82.2 Å². The molecule has 0 fully saturated rings. The summed E-state index contributed by atoms with van der Waals surface area (Å²) in [6, 6.07) is 22.7. The van der Waals surface area contributed by atoms with Crippen LogP contribution in [0.5, 0.6) is 0 Å². The minimum Gasteiger partial charge on any atom is -0.321 e. The third-order valence-corrected chi connectivity index (χ3v) is 6.97. The predicted octanol–water partition coefficient (Wildman–Crippen LogP) is 6.69. The summed E-state index contributed by atoms with van der Waals surface area (Å²) in [4.78, 5) is 0. The number of aromatic nitrogens is 2. The van der Waals surface area contributed by atoms with Crippen LogP contribution in [0.1, 0.15) is 48.2 Å². The third kappa shape index (κ3) is 3.02. The molecule has 0 saturated heterocycles. The summed E-state index contributed by atoms with van der Waals surface area (Å²) in [7, 11) is 0. The lowest BCUT2D eigenvalue weighted by molar-refractivity contribution is 0.663. The van der Waals surface area contributed by atoms with Gasteiger partial charge in [-0.25, -0.2) is 0 Å². The SMILES string of the molecule is c1cc(-c2cccc(-n3ccc4c3CCCC4)c2)cc(-n2ccc3c2CCCC3)c1. The van der Waals surface area contributed by atoms with Gasteiger partial charge in [-0.1, -0.05) is 24.3 Å². The van der Waals surface area contributed by atoms with E-state index in [0.717, 1.165) is 0 Å². The minimum absolute atomic E-state index is 1.20. The molecule has 0 spiro atoms. The van der Waals surface area contributed by atoms with E-state index in [-0.39, 0.29) is 0 Å². The third-order valence-electron chi connectivity index (χ3n) is 6.97. The Hall–Kier alpha value is -3.00. The van der Waals surface area contributed by atoms with Gasteiger partial charge in [-0.15, -0.1) is 0 Å². The van der Waals surface area contributed by atoms with Gasteiger partial charge < -0.3 is 9.13 Å². The number of nitrogens with zero attached hydrogens (tertiary/aromatic N) is 2. The number of benzene rings is 2. The van der Waals surface area contributed by atoms with Gasteiger partial charge in [0.2, 0.25) is 0 Å². The lowest BCUT2D eigenvalue weighted by atomic mass is 9.97. The van der Waals surface area contributed by atoms with Gasteiger partial charge in [0.05, 0.1) is 0 Å². The molecule has 0 bridgehead atoms. The molecule has 2 aliphatic carbocycles. The normalized spacial score (nSPS) is 15.6. The highest BCUT2D eigenvalue weighted by atomic mass is 15.0. The van der Waals surface area contributed by atoms with Crippen molar-refractivity contribution < 1.29 is 0 Å². The van der Waals surface area contributed by atoms with E-state index in [4.69, 9.17) is 0 Å². The molecule has 2 heterocycles. The van der Waals surface area contributed by atoms with Crippen LogP contribution < -0.4 is 0 Å². The fraction of sp³-hybridized carbons (Fsp3) is 0.286. The van der Waals surface area contributed by atoms with Crippen LogP contribution in [0.4, 0.5) is 0 Å². The minimum atomic E-state index is 1.20. The van der Waals surface area contributed by atoms with Crippen molar-refractivity contribution in [2.45, 2.75) is 51.4 Å². The van der Waals surface area contributed by atoms with Gasteiger partial charge in [-0.2, -0.15) is 0 Å². The quantitative estimate of drug-likeness (QED) is 0.367. The van der Waals surface area contributed by atoms with Crippen LogP contribution >= 0.6 is 0 Å². The van der Waals surface area contributed by atoms with Gasteiger partial charge in [0.1, 0.15) is 0 Å². The van der Waals surface area contributed by atoms with Crippen molar-refractivity contribution in [3.63, 3.8) is 0 Å². The zero-order valence-electron chi connectivity index (χ0n) is 17.5. The van der Waals surface area contributed by atoms with E-state index in [0.29, 0.717) is 0 Å². The molecule has 6 rings (SSSR count). The molecular weight excluding hydrogens is 364 g/mol. The molecule has 2 heteroatoms. The monoisotopic (exact) mass is 392 g/mol. The molecule has 2 aromatic heterocycles. The lowest BCUT2D eigenvalue weighted by Gasteiger charge is -2.17. The van der Waals surface area contributed by atoms with Crippen LogP contribution in [0, 0.1) is 0 Å². The van der Waals surface area contributed by atoms with E-state index in [1.165, 1.54) is 96.4 Å². The van der Waals surface area contributed by atoms with E-state index >= 15 is 0 Å². The van der Waals surface area contributed by atoms with Crippen LogP contribution in [0.15, 0.2) is 73.1 Å². The first kappa shape index (κ1) is 17.8. The first-order valence-corrected chi connectivity index (χ1v) is 11.5. The van der Waals surface area contributed by atoms with Crippen LogP contribution in [0.3, 0.4) is 0 Å². The molecule has 0 N–H and O–H groups in total. The smallest absolute Gasteiger partial charge is 0.0458 e. The van der Waals surface area contributed by atoms with Gasteiger partial charge in [0.25, 0.3) is 0 Å². The van der Waals surface area contributed by atoms with Crippen LogP contribution in [0.2, 0.25) is 0 Å². The van der Waals surface area contributed by atoms with Crippen molar-refractivity contribution in [1.29, 1.82) is 0 Å². The maximum atomic E-state index is 2.41. The summed E-state index contributed by atoms with van der Waals surface area (Å²) in [5, 5.41) is 0. The van der Waals surface area contributed by atoms with Crippen molar-refractivity contribution >= 4 is 0 Å². The first-order chi connectivity index (χ1) is 14.9. The molecule has 30 heavy (non-hydrogen) atoms. The Morgan fingerprint density at radius 3 is 1.47 bits per heavy atom. The average Bonchev–Trinajstić information content (AvgIpc) is 3.44. The zero-order valence-corrected chi connectivity index (χ0v) is 17.5. The Kier molecular flexibility index (Phi) is 4.37. The lowest BCUT2D eigenvalue weighted by Crippen LogP contribution is -2.07. The molecule has 2 aliphatic rings. The van der Waals surface area contributed by atoms with Crippen LogP contribution in [-0.4, -0.2) is 9.13 Å². The summed E-state index contributed by atoms with van der Waals surface area (Å²) in [5.41, 5.74) is 11.2. The highest BCUT2D eigenvalue weighted by Crippen LogP contribution is 2.30. The Morgan fingerprint density at radius 1 is 0.500 bits per heavy atom. The second-order valence-corrected chi connectivity index (χ2v) is 8.83. The van der Waals surface area contributed by atoms with Gasteiger partial charge in [0, 0.05) is 35.2 Å². The molecule has 150 valence electrons. The number of hydrogen-bond donors (Lipinski definition) is 0. The van der Waals surface area contributed by atoms with Crippen molar-refractivity contribution in [2.75, 3.05) is 0 Å². The van der Waals surface area contributed by atoms with Crippen molar-refractivity contribution in [2.24, 2.45) is 0 Å². The van der Waals surface area contributed by atoms with Gasteiger partial charge in [-0.05, 0) is 110 Å². The predicted molar refractivity (Wildman–Crippen MR) is 124 cm³/mol. The van der Waals surface area contributed by atoms with Crippen molar-refractivity contribution in [3.05, 3.63) is 95.6 Å². The summed E-state index contributed by atoms with van der Waals surface area (Å²) < 4.78 is 4.81. The molecule has 2 aromatic carbocycles. The fourth-order valence-corrected chi connectivity index (χ4v) is 5.40. The Balaban J connectivity index is 1.38. The summed E-state index contributed by atoms with van der Waals surface area (Å²) in [5.74, 6) is 0. The van der Waals surface area contributed by atoms with Gasteiger partial charge in [-0.3, -0.25) is 0 Å². The van der Waals surface area contributed by atoms with Crippen molar-refractivity contribution in [3.8, 4) is 22.5 Å². The van der Waals surface area contributed by atoms with Gasteiger partial charge in [0.15, 0.2) is 0 Å². The standard InChI is InChI=1S/C28H28N2/c1-3-13-27-21(7-1)15-17-29(27)25-11-5-9-23(19-25)24-10-6-12-26(20-24)30-18-16-22-8-2-4-14-28(22)30/h5-6,9-12,15-20H,1-4,7-8,13-14H2. The Bertz CT molecular complexity index is 1110. The maximum absolute atomic E-state index is 2.41. The van der Waals surface area contributed by atoms with Crippen molar-refractivity contribution in [1.82, 2.24) is 9.13 Å². The Morgan fingerprint density at radius 2 is 0.967 bits per heavy atom. The second-order valence-electron chi connectivity index (χ2n) is 8.83. The largest absolute Gasteiger partial charge is 0.321 e. The molecule has 0 atom stereocenters. The fourth-order valence-electron chi connectivity index (χ4n) is 5.40. The summed E-state index contributed by atoms with van der Waals surface area (Å²) >= 11 is 0. The highest BCUT2D eigenvalue weighted by molar-refractivity contribution is 5.68. The second kappa shape index (κ2) is 7.36. The molecule has 0 radical (unpaired) electrons. The zero-order chi connectivity index (χ0) is 19.9. The number of aryl methyl sites for hydroxylation is 2. The number of fused-ring (bicyclic) bond motifs is 2. The number of rotatable bonds is 3. The molecular formula is C28H28N2. The summed E-state index contributed by atoms with van der Waals surface area (Å²) in [6.45, 7) is 0. The van der Waals surface area contributed by atoms with E-state index in [1.54, 1.807) is 0 Å². The highest BCUT2D eigenvalue weighted by Gasteiger charge is 2.16. The molecule has 0 aliphatic heterocycles. The van der Waals surface area contributed by atoms with Gasteiger partial charge >= 0.3 is 0 Å². The molecule has 0 saturated carbocycles. The van der Waals surface area contributed by atoms with Crippen LogP contribution in [0.25, 0.3) is 22.5 Å². The number of hydrogen-bond acceptors (Lipinski definition) is 0. The Labute approximate surface area is 178 Å².